The van der Waals surface area contributed by atoms with E-state index in [4.69, 9.17) is 11.6 Å². The fraction of sp³-hybridized carbons (Fsp3) is 0.400. The average molecular weight is 226 g/mol. The molecule has 4 nitrogen and oxygen atoms in total. The van der Waals surface area contributed by atoms with Crippen LogP contribution in [0.2, 0.25) is 5.15 Å². The van der Waals surface area contributed by atoms with Gasteiger partial charge in [0.15, 0.2) is 0 Å². The Balaban J connectivity index is 1.99. The molecule has 1 aromatic rings. The smallest absolute Gasteiger partial charge is 0.242 e. The minimum absolute atomic E-state index is 0.0396. The minimum Gasteiger partial charge on any atom is -0.309 e. The lowest BCUT2D eigenvalue weighted by Gasteiger charge is -2.10. The molecule has 1 aliphatic heterocycles. The van der Waals surface area contributed by atoms with Crippen LogP contribution in [-0.4, -0.2) is 23.5 Å². The van der Waals surface area contributed by atoms with Crippen LogP contribution in [0.5, 0.6) is 0 Å². The van der Waals surface area contributed by atoms with Crippen LogP contribution >= 0.6 is 11.6 Å². The number of anilines is 1. The highest BCUT2D eigenvalue weighted by Crippen LogP contribution is 2.11. The number of hydrogen-bond donors (Lipinski definition) is 2. The zero-order valence-corrected chi connectivity index (χ0v) is 8.92. The van der Waals surface area contributed by atoms with E-state index in [0.29, 0.717) is 11.0 Å². The third kappa shape index (κ3) is 2.67. The summed E-state index contributed by atoms with van der Waals surface area (Å²) in [5.74, 6) is 0.462. The van der Waals surface area contributed by atoms with Crippen molar-refractivity contribution in [2.24, 2.45) is 0 Å². The molecule has 15 heavy (non-hydrogen) atoms. The van der Waals surface area contributed by atoms with Crippen molar-refractivity contribution < 1.29 is 4.79 Å². The molecule has 1 amide bonds. The summed E-state index contributed by atoms with van der Waals surface area (Å²) < 4.78 is 0. The first-order chi connectivity index (χ1) is 7.25. The van der Waals surface area contributed by atoms with Crippen LogP contribution in [0, 0.1) is 0 Å². The van der Waals surface area contributed by atoms with Crippen LogP contribution in [0.4, 0.5) is 5.82 Å². The molecule has 1 saturated heterocycles. The average Bonchev–Trinajstić information content (AvgIpc) is 2.70. The van der Waals surface area contributed by atoms with Gasteiger partial charge in [0, 0.05) is 0 Å². The Hall–Kier alpha value is -1.13. The van der Waals surface area contributed by atoms with E-state index in [1.165, 1.54) is 0 Å². The number of rotatable bonds is 2. The van der Waals surface area contributed by atoms with Crippen molar-refractivity contribution in [3.8, 4) is 0 Å². The molecule has 1 fully saturated rings. The Bertz CT molecular complexity index is 363. The summed E-state index contributed by atoms with van der Waals surface area (Å²) in [6.07, 6.45) is 1.92. The number of pyridine rings is 1. The van der Waals surface area contributed by atoms with Gasteiger partial charge in [-0.15, -0.1) is 0 Å². The Kier molecular flexibility index (Phi) is 3.18. The third-order valence-corrected chi connectivity index (χ3v) is 2.55. The molecule has 5 heteroatoms. The Morgan fingerprint density at radius 1 is 1.60 bits per heavy atom. The summed E-state index contributed by atoms with van der Waals surface area (Å²) in [4.78, 5) is 15.7. The predicted molar refractivity (Wildman–Crippen MR) is 58.9 cm³/mol. The van der Waals surface area contributed by atoms with Gasteiger partial charge in [0.1, 0.15) is 11.0 Å². The Morgan fingerprint density at radius 3 is 3.13 bits per heavy atom. The lowest BCUT2D eigenvalue weighted by molar-refractivity contribution is -0.117. The van der Waals surface area contributed by atoms with Crippen molar-refractivity contribution in [3.05, 3.63) is 23.4 Å². The molecule has 2 rings (SSSR count). The first-order valence-corrected chi connectivity index (χ1v) is 5.30. The van der Waals surface area contributed by atoms with E-state index in [1.54, 1.807) is 18.2 Å². The van der Waals surface area contributed by atoms with E-state index in [-0.39, 0.29) is 11.9 Å². The van der Waals surface area contributed by atoms with Crippen LogP contribution in [0.3, 0.4) is 0 Å². The first kappa shape index (κ1) is 10.4. The van der Waals surface area contributed by atoms with Crippen molar-refractivity contribution in [1.29, 1.82) is 0 Å². The molecular formula is C10H12ClN3O. The quantitative estimate of drug-likeness (QED) is 0.749. The third-order valence-electron chi connectivity index (χ3n) is 2.34. The molecule has 80 valence electrons. The Labute approximate surface area is 93.0 Å². The van der Waals surface area contributed by atoms with Crippen molar-refractivity contribution in [2.75, 3.05) is 11.9 Å². The maximum Gasteiger partial charge on any atom is 0.242 e. The minimum atomic E-state index is -0.0919. The maximum absolute atomic E-state index is 11.7. The molecule has 2 N–H and O–H groups in total. The fourth-order valence-corrected chi connectivity index (χ4v) is 1.76. The highest BCUT2D eigenvalue weighted by Gasteiger charge is 2.21. The Morgan fingerprint density at radius 2 is 2.47 bits per heavy atom. The normalized spacial score (nSPS) is 20.2. The molecule has 2 heterocycles. The molecule has 0 aromatic carbocycles. The summed E-state index contributed by atoms with van der Waals surface area (Å²) >= 11 is 5.71. The molecule has 1 aliphatic rings. The van der Waals surface area contributed by atoms with Gasteiger partial charge < -0.3 is 10.6 Å². The summed E-state index contributed by atoms with van der Waals surface area (Å²) in [5, 5.41) is 6.23. The van der Waals surface area contributed by atoms with E-state index in [2.05, 4.69) is 15.6 Å². The molecule has 1 atom stereocenters. The zero-order chi connectivity index (χ0) is 10.7. The second-order valence-electron chi connectivity index (χ2n) is 3.48. The van der Waals surface area contributed by atoms with Crippen LogP contribution in [0.25, 0.3) is 0 Å². The highest BCUT2D eigenvalue weighted by atomic mass is 35.5. The van der Waals surface area contributed by atoms with Crippen LogP contribution in [-0.2, 0) is 4.79 Å². The zero-order valence-electron chi connectivity index (χ0n) is 8.16. The standard InChI is InChI=1S/C10H12ClN3O/c11-8-4-1-5-9(13-8)14-10(15)7-3-2-6-12-7/h1,4-5,7,12H,2-3,6H2,(H,13,14,15)/t7-/m1/s1. The molecular weight excluding hydrogens is 214 g/mol. The van der Waals surface area contributed by atoms with Crippen LogP contribution < -0.4 is 10.6 Å². The van der Waals surface area contributed by atoms with Gasteiger partial charge in [-0.3, -0.25) is 4.79 Å². The number of carbonyl (C=O) groups excluding carboxylic acids is 1. The first-order valence-electron chi connectivity index (χ1n) is 4.92. The van der Waals surface area contributed by atoms with E-state index < -0.39 is 0 Å². The van der Waals surface area contributed by atoms with Crippen molar-refractivity contribution >= 4 is 23.3 Å². The van der Waals surface area contributed by atoms with Crippen molar-refractivity contribution in [1.82, 2.24) is 10.3 Å². The van der Waals surface area contributed by atoms with Gasteiger partial charge in [-0.25, -0.2) is 4.98 Å². The lowest BCUT2D eigenvalue weighted by atomic mass is 10.2. The summed E-state index contributed by atoms with van der Waals surface area (Å²) in [6, 6.07) is 5.06. The molecule has 0 radical (unpaired) electrons. The van der Waals surface area contributed by atoms with E-state index in [1.807, 2.05) is 0 Å². The molecule has 0 saturated carbocycles. The van der Waals surface area contributed by atoms with Gasteiger partial charge in [0.2, 0.25) is 5.91 Å². The molecule has 0 unspecified atom stereocenters. The number of nitrogens with zero attached hydrogens (tertiary/aromatic N) is 1. The summed E-state index contributed by atoms with van der Waals surface area (Å²) in [5.41, 5.74) is 0. The van der Waals surface area contributed by atoms with Gasteiger partial charge >= 0.3 is 0 Å². The monoisotopic (exact) mass is 225 g/mol. The summed E-state index contributed by atoms with van der Waals surface area (Å²) in [7, 11) is 0. The number of carbonyl (C=O) groups is 1. The van der Waals surface area contributed by atoms with Gasteiger partial charge in [0.05, 0.1) is 6.04 Å². The topological polar surface area (TPSA) is 54.0 Å². The highest BCUT2D eigenvalue weighted by molar-refractivity contribution is 6.29. The molecule has 0 bridgehead atoms. The van der Waals surface area contributed by atoms with Gasteiger partial charge in [-0.2, -0.15) is 0 Å². The van der Waals surface area contributed by atoms with E-state index in [0.717, 1.165) is 19.4 Å². The van der Waals surface area contributed by atoms with Gasteiger partial charge in [-0.1, -0.05) is 17.7 Å². The van der Waals surface area contributed by atoms with Crippen molar-refractivity contribution in [3.63, 3.8) is 0 Å². The number of nitrogens with one attached hydrogen (secondary N) is 2. The molecule has 1 aromatic heterocycles. The van der Waals surface area contributed by atoms with Crippen LogP contribution in [0.15, 0.2) is 18.2 Å². The predicted octanol–water partition coefficient (Wildman–Crippen LogP) is 1.43. The lowest BCUT2D eigenvalue weighted by Crippen LogP contribution is -2.35. The number of aromatic nitrogens is 1. The van der Waals surface area contributed by atoms with Gasteiger partial charge in [0.25, 0.3) is 0 Å². The van der Waals surface area contributed by atoms with E-state index in [9.17, 15) is 4.79 Å². The second kappa shape index (κ2) is 4.59. The molecule has 0 spiro atoms. The maximum atomic E-state index is 11.7. The SMILES string of the molecule is O=C(Nc1cccc(Cl)n1)[C@H]1CCCN1. The number of hydrogen-bond acceptors (Lipinski definition) is 3. The molecule has 0 aliphatic carbocycles. The fourth-order valence-electron chi connectivity index (χ4n) is 1.60. The van der Waals surface area contributed by atoms with Crippen molar-refractivity contribution in [2.45, 2.75) is 18.9 Å². The van der Waals surface area contributed by atoms with Crippen LogP contribution in [0.1, 0.15) is 12.8 Å². The summed E-state index contributed by atoms with van der Waals surface area (Å²) in [6.45, 7) is 0.904. The second-order valence-corrected chi connectivity index (χ2v) is 3.87. The van der Waals surface area contributed by atoms with E-state index >= 15 is 0 Å². The largest absolute Gasteiger partial charge is 0.309 e. The van der Waals surface area contributed by atoms with Gasteiger partial charge in [-0.05, 0) is 31.5 Å². The number of amides is 1. The number of halogens is 1.